The average molecular weight is 294 g/mol. The molecule has 0 saturated heterocycles. The second-order valence-electron chi connectivity index (χ2n) is 4.44. The summed E-state index contributed by atoms with van der Waals surface area (Å²) in [6.45, 7) is 1.74. The number of hydrogen-bond acceptors (Lipinski definition) is 3. The molecular formula is C14H15FN2O2S. The van der Waals surface area contributed by atoms with Crippen LogP contribution in [0.15, 0.2) is 53.4 Å². The van der Waals surface area contributed by atoms with Gasteiger partial charge in [0.1, 0.15) is 5.82 Å². The molecule has 0 bridgehead atoms. The maximum Gasteiger partial charge on any atom is 0.241 e. The molecule has 1 atom stereocenters. The van der Waals surface area contributed by atoms with Gasteiger partial charge in [0.15, 0.2) is 0 Å². The van der Waals surface area contributed by atoms with E-state index in [4.69, 9.17) is 5.73 Å². The zero-order valence-corrected chi connectivity index (χ0v) is 11.7. The van der Waals surface area contributed by atoms with Crippen molar-refractivity contribution >= 4 is 15.7 Å². The Balaban J connectivity index is 2.25. The normalized spacial score (nSPS) is 13.1. The molecule has 20 heavy (non-hydrogen) atoms. The van der Waals surface area contributed by atoms with Crippen LogP contribution in [0, 0.1) is 5.82 Å². The quantitative estimate of drug-likeness (QED) is 0.851. The van der Waals surface area contributed by atoms with Crippen molar-refractivity contribution in [1.29, 1.82) is 0 Å². The number of halogens is 1. The lowest BCUT2D eigenvalue weighted by Crippen LogP contribution is -2.27. The van der Waals surface area contributed by atoms with E-state index in [1.807, 2.05) is 30.3 Å². The zero-order chi connectivity index (χ0) is 14.8. The van der Waals surface area contributed by atoms with Crippen LogP contribution in [0.2, 0.25) is 0 Å². The number of nitrogens with two attached hydrogens (primary N) is 1. The summed E-state index contributed by atoms with van der Waals surface area (Å²) in [5.41, 5.74) is 6.04. The van der Waals surface area contributed by atoms with Gasteiger partial charge in [-0.3, -0.25) is 0 Å². The van der Waals surface area contributed by atoms with E-state index in [9.17, 15) is 12.8 Å². The van der Waals surface area contributed by atoms with Crippen LogP contribution < -0.4 is 10.5 Å². The maximum atomic E-state index is 13.1. The van der Waals surface area contributed by atoms with E-state index in [0.717, 1.165) is 17.7 Å². The summed E-state index contributed by atoms with van der Waals surface area (Å²) >= 11 is 0. The summed E-state index contributed by atoms with van der Waals surface area (Å²) in [5.74, 6) is -0.639. The fourth-order valence-electron chi connectivity index (χ4n) is 1.80. The third-order valence-electron chi connectivity index (χ3n) is 2.91. The van der Waals surface area contributed by atoms with Crippen molar-refractivity contribution in [3.05, 3.63) is 59.9 Å². The van der Waals surface area contributed by atoms with Crippen molar-refractivity contribution in [2.45, 2.75) is 17.9 Å². The molecule has 0 amide bonds. The Bertz CT molecular complexity index is 702. The van der Waals surface area contributed by atoms with E-state index in [1.54, 1.807) is 6.92 Å². The minimum Gasteiger partial charge on any atom is -0.396 e. The Hall–Kier alpha value is -1.92. The van der Waals surface area contributed by atoms with Crippen molar-refractivity contribution in [1.82, 2.24) is 4.72 Å². The van der Waals surface area contributed by atoms with Crippen LogP contribution in [-0.2, 0) is 10.0 Å². The first kappa shape index (κ1) is 14.5. The van der Waals surface area contributed by atoms with E-state index in [1.165, 1.54) is 6.07 Å². The number of benzene rings is 2. The average Bonchev–Trinajstić information content (AvgIpc) is 2.42. The number of rotatable bonds is 4. The lowest BCUT2D eigenvalue weighted by atomic mass is 10.1. The topological polar surface area (TPSA) is 72.2 Å². The second kappa shape index (κ2) is 5.60. The highest BCUT2D eigenvalue weighted by Crippen LogP contribution is 2.19. The first-order valence-electron chi connectivity index (χ1n) is 6.02. The molecule has 0 unspecified atom stereocenters. The molecule has 0 aliphatic rings. The number of anilines is 1. The van der Waals surface area contributed by atoms with Crippen LogP contribution in [0.3, 0.4) is 0 Å². The summed E-state index contributed by atoms with van der Waals surface area (Å²) in [6, 6.07) is 12.1. The molecule has 0 spiro atoms. The Labute approximate surface area is 117 Å². The first-order valence-corrected chi connectivity index (χ1v) is 7.51. The molecule has 0 aliphatic heterocycles. The van der Waals surface area contributed by atoms with Crippen LogP contribution in [0.1, 0.15) is 18.5 Å². The Morgan fingerprint density at radius 3 is 2.40 bits per heavy atom. The summed E-state index contributed by atoms with van der Waals surface area (Å²) in [6.07, 6.45) is 0. The van der Waals surface area contributed by atoms with Crippen molar-refractivity contribution in [3.63, 3.8) is 0 Å². The number of sulfonamides is 1. The smallest absolute Gasteiger partial charge is 0.241 e. The number of nitrogens with one attached hydrogen (secondary N) is 1. The molecule has 3 N–H and O–H groups in total. The SMILES string of the molecule is C[C@@H](NS(=O)(=O)c1ccc(F)c(N)c1)c1ccccc1. The molecule has 0 fully saturated rings. The van der Waals surface area contributed by atoms with Crippen molar-refractivity contribution < 1.29 is 12.8 Å². The number of nitrogen functional groups attached to an aromatic ring is 1. The van der Waals surface area contributed by atoms with Crippen LogP contribution >= 0.6 is 0 Å². The highest BCUT2D eigenvalue weighted by molar-refractivity contribution is 7.89. The van der Waals surface area contributed by atoms with Gasteiger partial charge in [-0.2, -0.15) is 0 Å². The highest BCUT2D eigenvalue weighted by Gasteiger charge is 2.19. The monoisotopic (exact) mass is 294 g/mol. The third kappa shape index (κ3) is 3.15. The molecule has 6 heteroatoms. The zero-order valence-electron chi connectivity index (χ0n) is 10.9. The molecule has 106 valence electrons. The third-order valence-corrected chi connectivity index (χ3v) is 4.45. The Morgan fingerprint density at radius 2 is 1.80 bits per heavy atom. The van der Waals surface area contributed by atoms with Crippen LogP contribution in [0.5, 0.6) is 0 Å². The molecule has 0 radical (unpaired) electrons. The van der Waals surface area contributed by atoms with Gasteiger partial charge in [0, 0.05) is 6.04 Å². The largest absolute Gasteiger partial charge is 0.396 e. The van der Waals surface area contributed by atoms with Gasteiger partial charge in [-0.15, -0.1) is 0 Å². The van der Waals surface area contributed by atoms with Gasteiger partial charge in [0.05, 0.1) is 10.6 Å². The summed E-state index contributed by atoms with van der Waals surface area (Å²) in [5, 5.41) is 0. The van der Waals surface area contributed by atoms with Crippen molar-refractivity contribution in [3.8, 4) is 0 Å². The molecule has 0 saturated carbocycles. The Morgan fingerprint density at radius 1 is 1.15 bits per heavy atom. The van der Waals surface area contributed by atoms with Crippen LogP contribution in [0.4, 0.5) is 10.1 Å². The highest BCUT2D eigenvalue weighted by atomic mass is 32.2. The maximum absolute atomic E-state index is 13.1. The van der Waals surface area contributed by atoms with Gasteiger partial charge in [0.2, 0.25) is 10.0 Å². The van der Waals surface area contributed by atoms with Gasteiger partial charge in [-0.25, -0.2) is 17.5 Å². The van der Waals surface area contributed by atoms with Gasteiger partial charge < -0.3 is 5.73 Å². The van der Waals surface area contributed by atoms with Gasteiger partial charge >= 0.3 is 0 Å². The predicted octanol–water partition coefficient (Wildman–Crippen LogP) is 2.45. The predicted molar refractivity (Wildman–Crippen MR) is 76.0 cm³/mol. The van der Waals surface area contributed by atoms with E-state index < -0.39 is 21.9 Å². The van der Waals surface area contributed by atoms with Gasteiger partial charge in [0.25, 0.3) is 0 Å². The van der Waals surface area contributed by atoms with Gasteiger partial charge in [-0.05, 0) is 30.7 Å². The molecular weight excluding hydrogens is 279 g/mol. The minimum absolute atomic E-state index is 0.0563. The van der Waals surface area contributed by atoms with Crippen LogP contribution in [0.25, 0.3) is 0 Å². The standard InChI is InChI=1S/C14H15FN2O2S/c1-10(11-5-3-2-4-6-11)17-20(18,19)12-7-8-13(15)14(16)9-12/h2-10,17H,16H2,1H3/t10-/m1/s1. The Kier molecular flexibility index (Phi) is 4.06. The van der Waals surface area contributed by atoms with Crippen molar-refractivity contribution in [2.24, 2.45) is 0 Å². The second-order valence-corrected chi connectivity index (χ2v) is 6.15. The molecule has 2 rings (SSSR count). The van der Waals surface area contributed by atoms with E-state index in [0.29, 0.717) is 0 Å². The molecule has 0 aromatic heterocycles. The van der Waals surface area contributed by atoms with Crippen molar-refractivity contribution in [2.75, 3.05) is 5.73 Å². The lowest BCUT2D eigenvalue weighted by Gasteiger charge is -2.15. The van der Waals surface area contributed by atoms with E-state index >= 15 is 0 Å². The molecule has 0 heterocycles. The first-order chi connectivity index (χ1) is 9.40. The molecule has 2 aromatic carbocycles. The fraction of sp³-hybridized carbons (Fsp3) is 0.143. The molecule has 2 aromatic rings. The summed E-state index contributed by atoms with van der Waals surface area (Å²) in [7, 11) is -3.74. The fourth-order valence-corrected chi connectivity index (χ4v) is 3.07. The van der Waals surface area contributed by atoms with Crippen LogP contribution in [-0.4, -0.2) is 8.42 Å². The van der Waals surface area contributed by atoms with Gasteiger partial charge in [-0.1, -0.05) is 30.3 Å². The number of hydrogen-bond donors (Lipinski definition) is 2. The lowest BCUT2D eigenvalue weighted by molar-refractivity contribution is 0.566. The van der Waals surface area contributed by atoms with E-state index in [-0.39, 0.29) is 10.6 Å². The molecule has 0 aliphatic carbocycles. The summed E-state index contributed by atoms with van der Waals surface area (Å²) in [4.78, 5) is -0.0563. The minimum atomic E-state index is -3.74. The van der Waals surface area contributed by atoms with E-state index in [2.05, 4.69) is 4.72 Å². The molecule has 4 nitrogen and oxygen atoms in total. The summed E-state index contributed by atoms with van der Waals surface area (Å²) < 4.78 is 40.0.